The lowest BCUT2D eigenvalue weighted by Crippen LogP contribution is -2.35. The summed E-state index contributed by atoms with van der Waals surface area (Å²) in [6, 6.07) is 0.575. The molecule has 0 radical (unpaired) electrons. The topological polar surface area (TPSA) is 184 Å². The number of aromatic nitrogens is 4. The lowest BCUT2D eigenvalue weighted by atomic mass is 9.80. The summed E-state index contributed by atoms with van der Waals surface area (Å²) in [6.45, 7) is 7.68. The Morgan fingerprint density at radius 1 is 0.600 bits per heavy atom. The Morgan fingerprint density at radius 3 is 1.37 bits per heavy atom. The molecule has 4 atom stereocenters. The number of nitrogens with zero attached hydrogens (tertiary/aromatic N) is 9. The normalized spacial score (nSPS) is 23.3. The molecule has 494 valence electrons. The minimum Gasteiger partial charge on any atom is -0.481 e. The minimum absolute atomic E-state index is 0.0365. The summed E-state index contributed by atoms with van der Waals surface area (Å²) < 4.78 is 178. The van der Waals surface area contributed by atoms with Crippen LogP contribution >= 0.6 is 15.9 Å². The van der Waals surface area contributed by atoms with Crippen LogP contribution in [0.3, 0.4) is 0 Å². The lowest BCUT2D eigenvalue weighted by molar-refractivity contribution is -0.145. The fraction of sp³-hybridized carbons (Fsp3) is 0.600. The Labute approximate surface area is 519 Å². The first-order valence-electron chi connectivity index (χ1n) is 29.6. The number of hydrogen-bond acceptors (Lipinski definition) is 14. The van der Waals surface area contributed by atoms with Gasteiger partial charge in [0.05, 0.1) is 66.4 Å². The highest BCUT2D eigenvalue weighted by Gasteiger charge is 2.46. The van der Waals surface area contributed by atoms with Gasteiger partial charge in [0, 0.05) is 53.1 Å². The average molecular weight is 1350 g/mol. The molecule has 5 aliphatic rings. The van der Waals surface area contributed by atoms with Gasteiger partial charge in [0.2, 0.25) is 0 Å². The molecule has 3 saturated heterocycles. The molecule has 90 heavy (non-hydrogen) atoms. The number of amides is 2. The van der Waals surface area contributed by atoms with Crippen LogP contribution in [0, 0.1) is 23.7 Å². The van der Waals surface area contributed by atoms with E-state index in [2.05, 4.69) is 30.8 Å². The molecule has 2 aromatic heterocycles. The molecule has 2 amide bonds. The molecule has 0 spiro atoms. The molecule has 5 fully saturated rings. The van der Waals surface area contributed by atoms with Gasteiger partial charge in [-0.25, -0.2) is 29.5 Å². The van der Waals surface area contributed by atoms with E-state index in [1.807, 2.05) is 23.9 Å². The number of esters is 1. The molecule has 5 heterocycles. The number of carbonyl (C=O) groups is 4. The zero-order chi connectivity index (χ0) is 65.8. The summed E-state index contributed by atoms with van der Waals surface area (Å²) in [6.07, 6.45) is -12.1. The van der Waals surface area contributed by atoms with Gasteiger partial charge in [-0.3, -0.25) is 19.4 Å². The third-order valence-electron chi connectivity index (χ3n) is 17.3. The number of aliphatic carboxylic acids is 1. The Morgan fingerprint density at radius 2 is 0.978 bits per heavy atom. The SMILES string of the molecule is CCOC(=O)CC1CCC(CN(C)c2ncc(Br)nc2CN2C(=O)OC(c3cc(C(F)(F)F)cc(C(F)(F)F)c3)[C@@H]2C)CC1.C[C@H]1C(c2cc(C(F)(F)F)cc(C(F)(F)F)c2)OC(=O)N1Cc1nc(N2CCCC2)cnc1N(C)CC1CCC(CC(=O)O)CC1. The van der Waals surface area contributed by atoms with Gasteiger partial charge in [0.1, 0.15) is 34.0 Å². The number of ether oxygens (including phenoxy) is 3. The Hall–Kier alpha value is -6.88. The van der Waals surface area contributed by atoms with E-state index >= 15 is 0 Å². The number of halogens is 13. The van der Waals surface area contributed by atoms with Gasteiger partial charge in [-0.1, -0.05) is 0 Å². The maximum Gasteiger partial charge on any atom is 0.416 e. The van der Waals surface area contributed by atoms with E-state index in [-0.39, 0.29) is 55.4 Å². The van der Waals surface area contributed by atoms with Crippen molar-refractivity contribution in [3.63, 3.8) is 0 Å². The molecule has 1 N–H and O–H groups in total. The average Bonchev–Trinajstić information content (AvgIpc) is 1.72. The zero-order valence-corrected chi connectivity index (χ0v) is 51.5. The summed E-state index contributed by atoms with van der Waals surface area (Å²) >= 11 is 3.28. The quantitative estimate of drug-likeness (QED) is 0.0563. The summed E-state index contributed by atoms with van der Waals surface area (Å²) in [5.41, 5.74) is -5.95. The molecule has 30 heteroatoms. The number of cyclic esters (lactones) is 2. The van der Waals surface area contributed by atoms with Crippen molar-refractivity contribution in [1.29, 1.82) is 0 Å². The number of carboxylic acids is 1. The standard InChI is InChI=1S/C31H37F6N5O4.C29H33BrF6N4O4/c1-18-27(21-12-22(30(32,33)34)14-23(13-21)31(35,36)37)46-29(45)42(18)17-24-28(38-15-25(39-24)41-9-3-4-10-41)40(2)16-20-7-5-19(6-8-20)11-26(43)44;1-4-43-24(41)9-17-5-7-18(8-6-17)14-39(3)26-22(38-23(30)13-37-26)15-40-16(2)25(44-27(40)42)19-10-20(28(31,32)33)12-21(11-19)29(34,35)36/h12-15,18-20,27H,3-11,16-17H2,1-2H3,(H,43,44);10-13,16-18,25H,4-9,14-15H2,1-3H3/t18-,19?,20?,27?;16-,17?,18?,25?/m00/s1. The number of carbonyl (C=O) groups excluding carboxylic acids is 3. The molecule has 2 aromatic carbocycles. The van der Waals surface area contributed by atoms with Gasteiger partial charge in [-0.05, 0) is 172 Å². The molecular formula is C60H70BrF12N9O8. The molecule has 3 aliphatic heterocycles. The minimum atomic E-state index is -5.04. The molecule has 4 aromatic rings. The van der Waals surface area contributed by atoms with Crippen LogP contribution in [0.2, 0.25) is 0 Å². The summed E-state index contributed by atoms with van der Waals surface area (Å²) in [5.74, 6) is 1.63. The van der Waals surface area contributed by atoms with Crippen LogP contribution in [0.4, 0.5) is 79.7 Å². The van der Waals surface area contributed by atoms with Crippen LogP contribution < -0.4 is 14.7 Å². The second-order valence-corrected chi connectivity index (χ2v) is 24.6. The highest BCUT2D eigenvalue weighted by atomic mass is 79.9. The van der Waals surface area contributed by atoms with E-state index in [1.165, 1.54) is 29.8 Å². The lowest BCUT2D eigenvalue weighted by Gasteiger charge is -2.32. The first-order chi connectivity index (χ1) is 42.2. The molecule has 0 bridgehead atoms. The van der Waals surface area contributed by atoms with Gasteiger partial charge < -0.3 is 34.0 Å². The van der Waals surface area contributed by atoms with E-state index in [0.29, 0.717) is 89.7 Å². The van der Waals surface area contributed by atoms with Crippen LogP contribution in [0.25, 0.3) is 0 Å². The third-order valence-corrected chi connectivity index (χ3v) is 17.7. The second kappa shape index (κ2) is 28.3. The fourth-order valence-corrected chi connectivity index (χ4v) is 12.9. The molecule has 2 unspecified atom stereocenters. The number of anilines is 3. The van der Waals surface area contributed by atoms with Crippen molar-refractivity contribution in [2.45, 2.75) is 160 Å². The second-order valence-electron chi connectivity index (χ2n) is 23.8. The molecule has 9 rings (SSSR count). The van der Waals surface area contributed by atoms with Crippen LogP contribution in [-0.2, 0) is 61.6 Å². The Bertz CT molecular complexity index is 3130. The van der Waals surface area contributed by atoms with Crippen molar-refractivity contribution in [3.8, 4) is 0 Å². The number of rotatable bonds is 18. The number of hydrogen-bond donors (Lipinski definition) is 1. The number of alkyl halides is 12. The van der Waals surface area contributed by atoms with Crippen LogP contribution in [0.1, 0.15) is 155 Å². The summed E-state index contributed by atoms with van der Waals surface area (Å²) in [5, 5.41) is 9.13. The van der Waals surface area contributed by atoms with Gasteiger partial charge in [-0.15, -0.1) is 0 Å². The monoisotopic (exact) mass is 1350 g/mol. The maximum absolute atomic E-state index is 13.6. The number of benzene rings is 2. The Kier molecular flexibility index (Phi) is 21.7. The number of carboxylic acid groups (broad SMARTS) is 1. The first-order valence-corrected chi connectivity index (χ1v) is 30.4. The zero-order valence-electron chi connectivity index (χ0n) is 49.9. The maximum atomic E-state index is 13.6. The largest absolute Gasteiger partial charge is 0.481 e. The van der Waals surface area contributed by atoms with Gasteiger partial charge in [0.25, 0.3) is 0 Å². The van der Waals surface area contributed by atoms with Crippen molar-refractivity contribution < 1.29 is 91.2 Å². The van der Waals surface area contributed by atoms with E-state index in [1.54, 1.807) is 13.1 Å². The molecule has 2 aliphatic carbocycles. The van der Waals surface area contributed by atoms with Gasteiger partial charge >= 0.3 is 48.8 Å². The van der Waals surface area contributed by atoms with Gasteiger partial charge in [-0.2, -0.15) is 52.7 Å². The van der Waals surface area contributed by atoms with Crippen molar-refractivity contribution >= 4 is 57.5 Å². The first kappa shape index (κ1) is 69.0. The highest BCUT2D eigenvalue weighted by molar-refractivity contribution is 9.10. The molecular weight excluding hydrogens is 1280 g/mol. The van der Waals surface area contributed by atoms with E-state index in [9.17, 15) is 71.9 Å². The fourth-order valence-electron chi connectivity index (χ4n) is 12.6. The van der Waals surface area contributed by atoms with Gasteiger partial charge in [0.15, 0.2) is 11.6 Å². The smallest absolute Gasteiger partial charge is 0.416 e. The van der Waals surface area contributed by atoms with E-state index in [0.717, 1.165) is 77.3 Å². The Balaban J connectivity index is 0.000000233. The van der Waals surface area contributed by atoms with E-state index < -0.39 is 101 Å². The third kappa shape index (κ3) is 17.4. The molecule has 2 saturated carbocycles. The predicted molar refractivity (Wildman–Crippen MR) is 305 cm³/mol. The summed E-state index contributed by atoms with van der Waals surface area (Å²) in [7, 11) is 3.68. The van der Waals surface area contributed by atoms with Crippen molar-refractivity contribution in [1.82, 2.24) is 29.7 Å². The predicted octanol–water partition coefficient (Wildman–Crippen LogP) is 14.5. The van der Waals surface area contributed by atoms with Crippen LogP contribution in [0.15, 0.2) is 53.4 Å². The van der Waals surface area contributed by atoms with Crippen LogP contribution in [-0.4, -0.2) is 118 Å². The molecule has 17 nitrogen and oxygen atoms in total. The highest BCUT2D eigenvalue weighted by Crippen LogP contribution is 2.45. The van der Waals surface area contributed by atoms with Crippen molar-refractivity contribution in [2.24, 2.45) is 23.7 Å². The van der Waals surface area contributed by atoms with E-state index in [4.69, 9.17) is 29.3 Å². The summed E-state index contributed by atoms with van der Waals surface area (Å²) in [4.78, 5) is 75.9. The van der Waals surface area contributed by atoms with Crippen molar-refractivity contribution in [2.75, 3.05) is 61.6 Å². The van der Waals surface area contributed by atoms with Crippen LogP contribution in [0.5, 0.6) is 0 Å². The van der Waals surface area contributed by atoms with Crippen molar-refractivity contribution in [3.05, 3.63) is 98.2 Å².